The zero-order chi connectivity index (χ0) is 29.0. The number of hydrogen-bond donors (Lipinski definition) is 3. The lowest BCUT2D eigenvalue weighted by atomic mass is 9.76. The number of carbonyl (C=O) groups excluding carboxylic acids is 1. The van der Waals surface area contributed by atoms with E-state index in [0.717, 1.165) is 30.0 Å². The molecule has 0 spiro atoms. The number of phenolic OH excluding ortho intramolecular Hbond substituents is 1. The molecule has 0 atom stereocenters. The maximum absolute atomic E-state index is 12.6. The third-order valence-electron chi connectivity index (χ3n) is 7.27. The predicted octanol–water partition coefficient (Wildman–Crippen LogP) is 7.98. The van der Waals surface area contributed by atoms with E-state index < -0.39 is 22.4 Å². The zero-order valence-electron chi connectivity index (χ0n) is 23.1. The third kappa shape index (κ3) is 6.65. The molecule has 9 heteroatoms. The molecular formula is C30H34N4O5. The summed E-state index contributed by atoms with van der Waals surface area (Å²) in [4.78, 5) is 23.8. The molecule has 0 aromatic heterocycles. The summed E-state index contributed by atoms with van der Waals surface area (Å²) in [7, 11) is 0. The molecule has 204 valence electrons. The second kappa shape index (κ2) is 11.4. The largest absolute Gasteiger partial charge is 0.505 e. The van der Waals surface area contributed by atoms with Crippen LogP contribution in [0.4, 0.5) is 21.9 Å². The minimum Gasteiger partial charge on any atom is -0.505 e. The molecule has 0 radical (unpaired) electrons. The Hall–Kier alpha value is -4.58. The van der Waals surface area contributed by atoms with Gasteiger partial charge in [-0.3, -0.25) is 10.1 Å². The van der Waals surface area contributed by atoms with Crippen molar-refractivity contribution in [1.29, 1.82) is 5.26 Å². The van der Waals surface area contributed by atoms with Crippen LogP contribution in [0.25, 0.3) is 0 Å². The van der Waals surface area contributed by atoms with Crippen LogP contribution in [0, 0.1) is 21.4 Å². The van der Waals surface area contributed by atoms with E-state index in [1.165, 1.54) is 6.07 Å². The van der Waals surface area contributed by atoms with Crippen molar-refractivity contribution in [2.45, 2.75) is 65.2 Å². The van der Waals surface area contributed by atoms with Crippen molar-refractivity contribution in [2.24, 2.45) is 0 Å². The van der Waals surface area contributed by atoms with E-state index in [0.29, 0.717) is 17.0 Å². The number of anilines is 2. The highest BCUT2D eigenvalue weighted by molar-refractivity contribution is 6.01. The van der Waals surface area contributed by atoms with Gasteiger partial charge in [-0.1, -0.05) is 53.7 Å². The molecule has 3 N–H and O–H groups in total. The fraction of sp³-hybridized carbons (Fsp3) is 0.333. The third-order valence-corrected chi connectivity index (χ3v) is 7.27. The monoisotopic (exact) mass is 530 g/mol. The van der Waals surface area contributed by atoms with E-state index in [2.05, 4.69) is 58.2 Å². The summed E-state index contributed by atoms with van der Waals surface area (Å²) in [6.07, 6.45) is 1.74. The average Bonchev–Trinajstić information content (AvgIpc) is 2.90. The summed E-state index contributed by atoms with van der Waals surface area (Å²) < 4.78 is 6.16. The standard InChI is InChI=1S/C30H34N4O5/c1-7-29(3,4)20-11-14-26(22(15-20)30(5,6)8-2)39-27-16-23(25(35)17-24(27)34(37)38)33-28(36)32-21-12-9-19(18-31)10-13-21/h9-17,35H,7-8H2,1-6H3,(H2,32,33,36). The Kier molecular flexibility index (Phi) is 8.50. The number of ether oxygens (including phenoxy) is 1. The van der Waals surface area contributed by atoms with Gasteiger partial charge < -0.3 is 20.5 Å². The molecule has 0 bridgehead atoms. The smallest absolute Gasteiger partial charge is 0.323 e. The molecular weight excluding hydrogens is 496 g/mol. The molecule has 0 aliphatic rings. The first-order chi connectivity index (χ1) is 18.3. The number of urea groups is 1. The van der Waals surface area contributed by atoms with Crippen LogP contribution in [0.15, 0.2) is 54.6 Å². The van der Waals surface area contributed by atoms with Gasteiger partial charge in [-0.15, -0.1) is 0 Å². The van der Waals surface area contributed by atoms with Gasteiger partial charge in [0, 0.05) is 17.3 Å². The molecule has 3 aromatic rings. The van der Waals surface area contributed by atoms with Crippen molar-refractivity contribution < 1.29 is 19.6 Å². The van der Waals surface area contributed by atoms with Crippen LogP contribution >= 0.6 is 0 Å². The molecule has 3 aromatic carbocycles. The first kappa shape index (κ1) is 29.0. The van der Waals surface area contributed by atoms with Crippen molar-refractivity contribution in [3.05, 3.63) is 81.4 Å². The molecule has 3 rings (SSSR count). The second-order valence-electron chi connectivity index (χ2n) is 10.7. The van der Waals surface area contributed by atoms with Gasteiger partial charge in [0.15, 0.2) is 0 Å². The normalized spacial score (nSPS) is 11.4. The molecule has 0 fully saturated rings. The maximum atomic E-state index is 12.6. The van der Waals surface area contributed by atoms with E-state index in [1.807, 2.05) is 18.2 Å². The lowest BCUT2D eigenvalue weighted by Gasteiger charge is -2.30. The summed E-state index contributed by atoms with van der Waals surface area (Å²) in [6, 6.07) is 15.6. The predicted molar refractivity (Wildman–Crippen MR) is 152 cm³/mol. The molecule has 0 heterocycles. The first-order valence-corrected chi connectivity index (χ1v) is 12.7. The molecule has 0 saturated heterocycles. The highest BCUT2D eigenvalue weighted by Crippen LogP contribution is 2.44. The topological polar surface area (TPSA) is 138 Å². The van der Waals surface area contributed by atoms with Crippen LogP contribution in [0.2, 0.25) is 0 Å². The molecule has 39 heavy (non-hydrogen) atoms. The van der Waals surface area contributed by atoms with Gasteiger partial charge >= 0.3 is 11.7 Å². The van der Waals surface area contributed by atoms with Gasteiger partial charge in [0.25, 0.3) is 0 Å². The van der Waals surface area contributed by atoms with E-state index >= 15 is 0 Å². The van der Waals surface area contributed by atoms with Crippen LogP contribution in [0.5, 0.6) is 17.2 Å². The van der Waals surface area contributed by atoms with Gasteiger partial charge in [-0.05, 0) is 59.6 Å². The molecule has 0 saturated carbocycles. The van der Waals surface area contributed by atoms with Crippen molar-refractivity contribution in [3.8, 4) is 23.3 Å². The fourth-order valence-corrected chi connectivity index (χ4v) is 3.88. The fourth-order valence-electron chi connectivity index (χ4n) is 3.88. The number of nitriles is 1. The number of phenols is 1. The summed E-state index contributed by atoms with van der Waals surface area (Å²) in [5.41, 5.74) is 2.03. The number of rotatable bonds is 9. The van der Waals surface area contributed by atoms with Gasteiger partial charge in [0.2, 0.25) is 5.75 Å². The van der Waals surface area contributed by atoms with Crippen LogP contribution in [0.1, 0.15) is 71.1 Å². The summed E-state index contributed by atoms with van der Waals surface area (Å²) in [6.45, 7) is 12.7. The highest BCUT2D eigenvalue weighted by atomic mass is 16.6. The first-order valence-electron chi connectivity index (χ1n) is 12.7. The Morgan fingerprint density at radius 1 is 0.974 bits per heavy atom. The molecule has 0 aliphatic carbocycles. The van der Waals surface area contributed by atoms with Crippen LogP contribution in [-0.4, -0.2) is 16.1 Å². The van der Waals surface area contributed by atoms with E-state index in [1.54, 1.807) is 24.3 Å². The van der Waals surface area contributed by atoms with Gasteiger partial charge in [-0.2, -0.15) is 5.26 Å². The number of nitro benzene ring substituents is 1. The van der Waals surface area contributed by atoms with E-state index in [9.17, 15) is 20.0 Å². The number of nitrogens with one attached hydrogen (secondary N) is 2. The Balaban J connectivity index is 2.00. The van der Waals surface area contributed by atoms with Gasteiger partial charge in [0.1, 0.15) is 11.5 Å². The Morgan fingerprint density at radius 2 is 1.62 bits per heavy atom. The Morgan fingerprint density at radius 3 is 2.18 bits per heavy atom. The van der Waals surface area contributed by atoms with E-state index in [-0.39, 0.29) is 22.3 Å². The number of nitrogens with zero attached hydrogens (tertiary/aromatic N) is 2. The minimum absolute atomic E-state index is 0.0678. The number of hydrogen-bond acceptors (Lipinski definition) is 6. The van der Waals surface area contributed by atoms with Gasteiger partial charge in [0.05, 0.1) is 28.3 Å². The summed E-state index contributed by atoms with van der Waals surface area (Å²) >= 11 is 0. The molecule has 9 nitrogen and oxygen atoms in total. The zero-order valence-corrected chi connectivity index (χ0v) is 23.1. The lowest BCUT2D eigenvalue weighted by molar-refractivity contribution is -0.385. The number of benzene rings is 3. The highest BCUT2D eigenvalue weighted by Gasteiger charge is 2.29. The van der Waals surface area contributed by atoms with Crippen LogP contribution < -0.4 is 15.4 Å². The second-order valence-corrected chi connectivity index (χ2v) is 10.7. The van der Waals surface area contributed by atoms with Crippen molar-refractivity contribution in [2.75, 3.05) is 10.6 Å². The average molecular weight is 531 g/mol. The van der Waals surface area contributed by atoms with Gasteiger partial charge in [-0.25, -0.2) is 4.79 Å². The van der Waals surface area contributed by atoms with Crippen molar-refractivity contribution in [1.82, 2.24) is 0 Å². The molecule has 0 unspecified atom stereocenters. The number of aromatic hydroxyl groups is 1. The summed E-state index contributed by atoms with van der Waals surface area (Å²) in [5.74, 6) is -0.153. The van der Waals surface area contributed by atoms with Crippen LogP contribution in [-0.2, 0) is 10.8 Å². The van der Waals surface area contributed by atoms with Crippen LogP contribution in [0.3, 0.4) is 0 Å². The number of nitro groups is 1. The summed E-state index contributed by atoms with van der Waals surface area (Å²) in [5, 5.41) is 36.3. The molecule has 0 aliphatic heterocycles. The van der Waals surface area contributed by atoms with Crippen molar-refractivity contribution in [3.63, 3.8) is 0 Å². The quantitative estimate of drug-likeness (QED) is 0.146. The molecule has 2 amide bonds. The van der Waals surface area contributed by atoms with Crippen molar-refractivity contribution >= 4 is 23.1 Å². The Bertz CT molecular complexity index is 1420. The maximum Gasteiger partial charge on any atom is 0.323 e. The lowest BCUT2D eigenvalue weighted by Crippen LogP contribution is -2.21. The Labute approximate surface area is 228 Å². The van der Waals surface area contributed by atoms with E-state index in [4.69, 9.17) is 10.00 Å². The minimum atomic E-state index is -0.686. The SMILES string of the molecule is CCC(C)(C)c1ccc(Oc2cc(NC(=O)Nc3ccc(C#N)cc3)c(O)cc2[N+](=O)[O-])c(C(C)(C)CC)c1. The number of amides is 2. The number of carbonyl (C=O) groups is 1.